The number of hydrogen-bond acceptors (Lipinski definition) is 7. The summed E-state index contributed by atoms with van der Waals surface area (Å²) in [5.41, 5.74) is 5.56. The van der Waals surface area contributed by atoms with Gasteiger partial charge in [-0.25, -0.2) is 5.01 Å². The highest BCUT2D eigenvalue weighted by atomic mass is 31.2. The molecule has 20 heavy (non-hydrogen) atoms. The number of nitrogens with zero attached hydrogens (tertiary/aromatic N) is 3. The van der Waals surface area contributed by atoms with E-state index in [1.807, 2.05) is 32.7 Å². The highest BCUT2D eigenvalue weighted by Crippen LogP contribution is 2.39. The van der Waals surface area contributed by atoms with E-state index in [2.05, 4.69) is 6.07 Å². The van der Waals surface area contributed by atoms with Crippen LogP contribution in [0, 0.1) is 11.3 Å². The lowest BCUT2D eigenvalue weighted by atomic mass is 10.3. The topological polar surface area (TPSA) is 106 Å². The van der Waals surface area contributed by atoms with E-state index in [9.17, 15) is 4.89 Å². The third-order valence-electron chi connectivity index (χ3n) is 2.58. The van der Waals surface area contributed by atoms with Gasteiger partial charge in [-0.15, -0.1) is 0 Å². The standard InChI is InChI=1S/C12H27N4O3P/c1-10(2)16(11(3)4)15(7-5-6-13)20(18)19-9-12(14)8-17/h10-12,17-18H,5,7-9,14H2,1-4H3/t12-,20?/m1/s1. The molecule has 0 saturated heterocycles. The molecule has 0 radical (unpaired) electrons. The molecule has 0 spiro atoms. The Bertz CT molecular complexity index is 291. The summed E-state index contributed by atoms with van der Waals surface area (Å²) in [4.78, 5) is 10.2. The van der Waals surface area contributed by atoms with Crippen LogP contribution in [0.25, 0.3) is 0 Å². The Morgan fingerprint density at radius 2 is 1.85 bits per heavy atom. The van der Waals surface area contributed by atoms with Crippen molar-refractivity contribution >= 4 is 8.53 Å². The average molecular weight is 306 g/mol. The fourth-order valence-electron chi connectivity index (χ4n) is 1.85. The van der Waals surface area contributed by atoms with E-state index >= 15 is 0 Å². The molecule has 2 atom stereocenters. The third-order valence-corrected chi connectivity index (χ3v) is 3.77. The predicted octanol–water partition coefficient (Wildman–Crippen LogP) is 0.791. The third kappa shape index (κ3) is 6.91. The molecule has 0 bridgehead atoms. The minimum absolute atomic E-state index is 0.0752. The summed E-state index contributed by atoms with van der Waals surface area (Å²) in [5.74, 6) is 0. The lowest BCUT2D eigenvalue weighted by Crippen LogP contribution is -2.48. The number of aliphatic hydroxyl groups is 1. The second-order valence-electron chi connectivity index (χ2n) is 5.06. The van der Waals surface area contributed by atoms with E-state index in [0.29, 0.717) is 13.0 Å². The molecular weight excluding hydrogens is 279 g/mol. The number of nitrogens with two attached hydrogens (primary N) is 1. The number of aliphatic hydroxyl groups excluding tert-OH is 1. The van der Waals surface area contributed by atoms with Gasteiger partial charge in [0.2, 0.25) is 0 Å². The number of nitriles is 1. The molecule has 1 unspecified atom stereocenters. The van der Waals surface area contributed by atoms with Crippen molar-refractivity contribution in [2.24, 2.45) is 5.73 Å². The SMILES string of the molecule is CC(C)N(C(C)C)N(CCC#N)P(O)OC[C@H](N)CO. The minimum atomic E-state index is -1.88. The Kier molecular flexibility index (Phi) is 10.2. The van der Waals surface area contributed by atoms with Crippen molar-refractivity contribution in [1.29, 1.82) is 5.26 Å². The zero-order chi connectivity index (χ0) is 15.7. The summed E-state index contributed by atoms with van der Waals surface area (Å²) in [6, 6.07) is 1.89. The predicted molar refractivity (Wildman–Crippen MR) is 79.2 cm³/mol. The molecule has 0 aliphatic carbocycles. The highest BCUT2D eigenvalue weighted by Gasteiger charge is 2.29. The largest absolute Gasteiger partial charge is 0.395 e. The molecule has 0 fully saturated rings. The van der Waals surface area contributed by atoms with E-state index < -0.39 is 14.6 Å². The van der Waals surface area contributed by atoms with Gasteiger partial charge in [-0.2, -0.15) is 10.0 Å². The molecule has 7 nitrogen and oxygen atoms in total. The lowest BCUT2D eigenvalue weighted by molar-refractivity contribution is -0.0193. The second kappa shape index (κ2) is 10.4. The van der Waals surface area contributed by atoms with Crippen LogP contribution >= 0.6 is 8.53 Å². The van der Waals surface area contributed by atoms with Gasteiger partial charge in [0.05, 0.1) is 25.3 Å². The summed E-state index contributed by atoms with van der Waals surface area (Å²) in [7, 11) is -1.88. The molecule has 0 aliphatic rings. The summed E-state index contributed by atoms with van der Waals surface area (Å²) in [5, 5.41) is 19.6. The van der Waals surface area contributed by atoms with E-state index in [0.717, 1.165) is 0 Å². The molecule has 0 amide bonds. The molecule has 0 rings (SSSR count). The molecule has 0 aliphatic heterocycles. The Labute approximate surface area is 122 Å². The van der Waals surface area contributed by atoms with Crippen molar-refractivity contribution in [3.8, 4) is 6.07 Å². The van der Waals surface area contributed by atoms with Crippen LogP contribution in [-0.4, -0.2) is 57.7 Å². The molecule has 8 heteroatoms. The van der Waals surface area contributed by atoms with Crippen LogP contribution in [0.5, 0.6) is 0 Å². The van der Waals surface area contributed by atoms with E-state index in [4.69, 9.17) is 20.6 Å². The maximum Gasteiger partial charge on any atom is 0.270 e. The van der Waals surface area contributed by atoms with E-state index in [-0.39, 0.29) is 25.3 Å². The average Bonchev–Trinajstić information content (AvgIpc) is 2.38. The maximum atomic E-state index is 10.2. The van der Waals surface area contributed by atoms with Crippen molar-refractivity contribution in [2.45, 2.75) is 52.2 Å². The lowest BCUT2D eigenvalue weighted by Gasteiger charge is -2.41. The molecule has 0 heterocycles. The first kappa shape index (κ1) is 19.7. The first-order chi connectivity index (χ1) is 9.34. The van der Waals surface area contributed by atoms with Gasteiger partial charge in [0.15, 0.2) is 0 Å². The van der Waals surface area contributed by atoms with Crippen molar-refractivity contribution < 1.29 is 14.5 Å². The van der Waals surface area contributed by atoms with Crippen LogP contribution in [0.15, 0.2) is 0 Å². The highest BCUT2D eigenvalue weighted by molar-refractivity contribution is 7.43. The second-order valence-corrected chi connectivity index (χ2v) is 6.29. The van der Waals surface area contributed by atoms with Crippen LogP contribution in [0.3, 0.4) is 0 Å². The summed E-state index contributed by atoms with van der Waals surface area (Å²) in [6.07, 6.45) is 0.296. The van der Waals surface area contributed by atoms with Crippen molar-refractivity contribution in [2.75, 3.05) is 19.8 Å². The number of rotatable bonds is 10. The van der Waals surface area contributed by atoms with Gasteiger partial charge in [-0.3, -0.25) is 0 Å². The van der Waals surface area contributed by atoms with Crippen LogP contribution in [0.4, 0.5) is 0 Å². The van der Waals surface area contributed by atoms with Crippen molar-refractivity contribution in [1.82, 2.24) is 9.79 Å². The van der Waals surface area contributed by atoms with Crippen LogP contribution < -0.4 is 5.73 Å². The summed E-state index contributed by atoms with van der Waals surface area (Å²) in [6.45, 7) is 8.34. The summed E-state index contributed by atoms with van der Waals surface area (Å²) >= 11 is 0. The zero-order valence-corrected chi connectivity index (χ0v) is 13.6. The number of hydrazine groups is 1. The maximum absolute atomic E-state index is 10.2. The molecule has 0 aromatic heterocycles. The van der Waals surface area contributed by atoms with Gasteiger partial charge in [0.1, 0.15) is 0 Å². The van der Waals surface area contributed by atoms with Crippen LogP contribution in [0.1, 0.15) is 34.1 Å². The molecule has 0 aromatic rings. The monoisotopic (exact) mass is 306 g/mol. The van der Waals surface area contributed by atoms with Gasteiger partial charge in [0.25, 0.3) is 8.53 Å². The van der Waals surface area contributed by atoms with E-state index in [1.54, 1.807) is 4.78 Å². The molecule has 4 N–H and O–H groups in total. The smallest absolute Gasteiger partial charge is 0.270 e. The molecule has 118 valence electrons. The fraction of sp³-hybridized carbons (Fsp3) is 0.917. The van der Waals surface area contributed by atoms with Gasteiger partial charge in [-0.05, 0) is 27.7 Å². The Hall–Kier alpha value is -0.320. The first-order valence-electron chi connectivity index (χ1n) is 6.76. The molecule has 0 aromatic carbocycles. The minimum Gasteiger partial charge on any atom is -0.395 e. The van der Waals surface area contributed by atoms with Gasteiger partial charge >= 0.3 is 0 Å². The van der Waals surface area contributed by atoms with Gasteiger partial charge in [0, 0.05) is 25.0 Å². The molecular formula is C12H27N4O3P. The summed E-state index contributed by atoms with van der Waals surface area (Å²) < 4.78 is 7.04. The normalized spacial score (nSPS) is 15.1. The zero-order valence-electron chi connectivity index (χ0n) is 12.7. The number of hydrogen-bond donors (Lipinski definition) is 3. The van der Waals surface area contributed by atoms with Gasteiger partial charge in [-0.1, -0.05) is 0 Å². The Morgan fingerprint density at radius 1 is 1.30 bits per heavy atom. The molecule has 0 saturated carbocycles. The van der Waals surface area contributed by atoms with Crippen LogP contribution in [0.2, 0.25) is 0 Å². The van der Waals surface area contributed by atoms with Crippen molar-refractivity contribution in [3.05, 3.63) is 0 Å². The van der Waals surface area contributed by atoms with Crippen molar-refractivity contribution in [3.63, 3.8) is 0 Å². The first-order valence-corrected chi connectivity index (χ1v) is 7.92. The Morgan fingerprint density at radius 3 is 2.25 bits per heavy atom. The fourth-order valence-corrected chi connectivity index (χ4v) is 3.17. The van der Waals surface area contributed by atoms with Crippen LogP contribution in [-0.2, 0) is 4.52 Å². The Balaban J connectivity index is 4.79. The van der Waals surface area contributed by atoms with Gasteiger partial charge < -0.3 is 20.3 Å². The quantitative estimate of drug-likeness (QED) is 0.405. The van der Waals surface area contributed by atoms with E-state index in [1.165, 1.54) is 0 Å².